The summed E-state index contributed by atoms with van der Waals surface area (Å²) in [6, 6.07) is 3.16. The fourth-order valence-corrected chi connectivity index (χ4v) is 30.2. The lowest BCUT2D eigenvalue weighted by molar-refractivity contribution is 1.35. The van der Waals surface area contributed by atoms with Crippen LogP contribution in [-0.4, -0.2) is 14.4 Å². The van der Waals surface area contributed by atoms with Gasteiger partial charge < -0.3 is 0 Å². The van der Waals surface area contributed by atoms with Gasteiger partial charge in [0.25, 0.3) is 0 Å². The van der Waals surface area contributed by atoms with Crippen LogP contribution in [0.15, 0.2) is 0 Å². The van der Waals surface area contributed by atoms with Crippen molar-refractivity contribution in [2.45, 2.75) is 38.3 Å². The summed E-state index contributed by atoms with van der Waals surface area (Å²) in [7, 11) is 1.01. The normalized spacial score (nSPS) is 30.7. The second kappa shape index (κ2) is 2.14. The summed E-state index contributed by atoms with van der Waals surface area (Å²) in [6.45, 7) is 10.1. The van der Waals surface area contributed by atoms with Gasteiger partial charge in [0.1, 0.15) is 14.4 Å². The molecule has 0 N–H and O–H groups in total. The van der Waals surface area contributed by atoms with E-state index in [1.807, 2.05) is 0 Å². The van der Waals surface area contributed by atoms with Crippen molar-refractivity contribution in [2.24, 2.45) is 0 Å². The van der Waals surface area contributed by atoms with Gasteiger partial charge in [0, 0.05) is 0 Å². The van der Waals surface area contributed by atoms with Gasteiger partial charge in [-0.3, -0.25) is 0 Å². The van der Waals surface area contributed by atoms with Crippen molar-refractivity contribution in [3.63, 3.8) is 0 Å². The van der Waals surface area contributed by atoms with E-state index < -0.39 is 14.4 Å². The molecule has 1 aliphatic heterocycles. The summed E-state index contributed by atoms with van der Waals surface area (Å²) < 4.78 is 0. The molecule has 0 nitrogen and oxygen atoms in total. The zero-order chi connectivity index (χ0) is 7.12. The van der Waals surface area contributed by atoms with Crippen LogP contribution in [-0.2, 0) is 0 Å². The summed E-state index contributed by atoms with van der Waals surface area (Å²) in [5, 5.41) is 0. The maximum Gasteiger partial charge on any atom is 0.103 e. The van der Waals surface area contributed by atoms with E-state index in [-0.39, 0.29) is 0 Å². The molecule has 1 aliphatic rings. The molecule has 0 bridgehead atoms. The highest BCUT2D eigenvalue weighted by molar-refractivity contribution is 8.50. The maximum absolute atomic E-state index is 2.51. The van der Waals surface area contributed by atoms with E-state index in [1.165, 1.54) is 0 Å². The Bertz CT molecular complexity index is 106. The van der Waals surface area contributed by atoms with E-state index >= 15 is 0 Å². The third kappa shape index (κ3) is 2.13. The van der Waals surface area contributed by atoms with Gasteiger partial charge >= 0.3 is 0 Å². The zero-order valence-electron chi connectivity index (χ0n) is 6.82. The zero-order valence-corrected chi connectivity index (χ0v) is 9.64. The van der Waals surface area contributed by atoms with E-state index in [1.54, 1.807) is 12.1 Å². The second-order valence-corrected chi connectivity index (χ2v) is 21.4. The maximum atomic E-state index is 2.51. The summed E-state index contributed by atoms with van der Waals surface area (Å²) in [6.07, 6.45) is 0. The predicted molar refractivity (Wildman–Crippen MR) is 52.2 cm³/mol. The molecule has 0 spiro atoms. The van der Waals surface area contributed by atoms with Crippen LogP contribution in [0.2, 0.25) is 38.3 Å². The van der Waals surface area contributed by atoms with Crippen molar-refractivity contribution in [3.8, 4) is 0 Å². The van der Waals surface area contributed by atoms with Gasteiger partial charge in [-0.1, -0.05) is 38.3 Å². The van der Waals surface area contributed by atoms with Crippen LogP contribution in [0.3, 0.4) is 0 Å². The Morgan fingerprint density at radius 1 is 0.889 bits per heavy atom. The van der Waals surface area contributed by atoms with Crippen LogP contribution in [0.4, 0.5) is 0 Å². The number of rotatable bonds is 0. The molecule has 0 atom stereocenters. The van der Waals surface area contributed by atoms with Gasteiger partial charge in [-0.15, -0.1) is 0 Å². The minimum Gasteiger partial charge on any atom is -0.206 e. The predicted octanol–water partition coefficient (Wildman–Crippen LogP) is 3.14. The average Bonchev–Trinajstić information content (AvgIpc) is 1.78. The topological polar surface area (TPSA) is 0 Å². The SMILES string of the molecule is C[Si]1(C)CC[Si](C)(C)S1. The van der Waals surface area contributed by atoms with Crippen molar-refractivity contribution < 1.29 is 0 Å². The van der Waals surface area contributed by atoms with Crippen LogP contribution in [0.25, 0.3) is 0 Å². The lowest BCUT2D eigenvalue weighted by Crippen LogP contribution is -2.20. The Hall–Kier alpha value is 0.784. The molecule has 0 aliphatic carbocycles. The van der Waals surface area contributed by atoms with Crippen molar-refractivity contribution in [1.82, 2.24) is 0 Å². The first-order chi connectivity index (χ1) is 3.91. The number of hydrogen-bond acceptors (Lipinski definition) is 1. The van der Waals surface area contributed by atoms with Gasteiger partial charge in [-0.25, -0.2) is 10.7 Å². The van der Waals surface area contributed by atoms with Crippen molar-refractivity contribution in [2.75, 3.05) is 0 Å². The van der Waals surface area contributed by atoms with Crippen LogP contribution in [0.5, 0.6) is 0 Å². The second-order valence-electron chi connectivity index (χ2n) is 4.12. The molecule has 54 valence electrons. The van der Waals surface area contributed by atoms with Crippen molar-refractivity contribution in [1.29, 1.82) is 0 Å². The lowest BCUT2D eigenvalue weighted by atomic mass is 10.9. The Morgan fingerprint density at radius 3 is 1.33 bits per heavy atom. The third-order valence-electron chi connectivity index (χ3n) is 1.88. The molecule has 0 aromatic carbocycles. The molecule has 1 rings (SSSR count). The van der Waals surface area contributed by atoms with Crippen LogP contribution in [0.1, 0.15) is 0 Å². The minimum atomic E-state index is -0.697. The smallest absolute Gasteiger partial charge is 0.103 e. The molecule has 0 aromatic rings. The van der Waals surface area contributed by atoms with E-state index in [4.69, 9.17) is 0 Å². The highest BCUT2D eigenvalue weighted by Crippen LogP contribution is 2.45. The van der Waals surface area contributed by atoms with Crippen LogP contribution < -0.4 is 0 Å². The molecule has 0 aromatic heterocycles. The summed E-state index contributed by atoms with van der Waals surface area (Å²) in [5.74, 6) is 0. The number of hydrogen-bond donors (Lipinski definition) is 0. The molecular formula is C6H16SSi2. The monoisotopic (exact) mass is 176 g/mol. The standard InChI is InChI=1S/C6H16SSi2/c1-8(2)5-6-9(3,4)7-8/h5-6H2,1-4H3. The molecule has 9 heavy (non-hydrogen) atoms. The highest BCUT2D eigenvalue weighted by Gasteiger charge is 2.39. The Morgan fingerprint density at radius 2 is 1.22 bits per heavy atom. The average molecular weight is 176 g/mol. The molecule has 0 amide bonds. The van der Waals surface area contributed by atoms with Crippen molar-refractivity contribution in [3.05, 3.63) is 0 Å². The minimum absolute atomic E-state index is 0.697. The van der Waals surface area contributed by atoms with Crippen molar-refractivity contribution >= 4 is 25.1 Å². The van der Waals surface area contributed by atoms with Gasteiger partial charge in [0.2, 0.25) is 0 Å². The third-order valence-corrected chi connectivity index (χ3v) is 20.9. The first kappa shape index (κ1) is 7.89. The van der Waals surface area contributed by atoms with Crippen LogP contribution >= 0.6 is 10.7 Å². The van der Waals surface area contributed by atoms with E-state index in [2.05, 4.69) is 36.8 Å². The van der Waals surface area contributed by atoms with E-state index in [0.717, 1.165) is 0 Å². The molecule has 0 radical (unpaired) electrons. The summed E-state index contributed by atoms with van der Waals surface area (Å²) in [5.41, 5.74) is 0. The summed E-state index contributed by atoms with van der Waals surface area (Å²) in [4.78, 5) is 0. The molecular weight excluding hydrogens is 160 g/mol. The Labute approximate surface area is 63.7 Å². The quantitative estimate of drug-likeness (QED) is 0.511. The highest BCUT2D eigenvalue weighted by atomic mass is 32.5. The Balaban J connectivity index is 2.58. The molecule has 1 heterocycles. The molecule has 3 heteroatoms. The van der Waals surface area contributed by atoms with Gasteiger partial charge in [-0.2, -0.15) is 0 Å². The van der Waals surface area contributed by atoms with Crippen LogP contribution in [0, 0.1) is 0 Å². The molecule has 1 saturated heterocycles. The van der Waals surface area contributed by atoms with E-state index in [0.29, 0.717) is 0 Å². The first-order valence-electron chi connectivity index (χ1n) is 3.62. The van der Waals surface area contributed by atoms with Gasteiger partial charge in [0.15, 0.2) is 0 Å². The summed E-state index contributed by atoms with van der Waals surface area (Å²) >= 11 is 0. The largest absolute Gasteiger partial charge is 0.206 e. The fourth-order valence-electron chi connectivity index (χ4n) is 1.45. The van der Waals surface area contributed by atoms with Gasteiger partial charge in [-0.05, 0) is 0 Å². The molecule has 1 fully saturated rings. The van der Waals surface area contributed by atoms with E-state index in [9.17, 15) is 0 Å². The first-order valence-corrected chi connectivity index (χ1v) is 12.3. The fraction of sp³-hybridized carbons (Fsp3) is 1.00. The van der Waals surface area contributed by atoms with Gasteiger partial charge in [0.05, 0.1) is 0 Å². The lowest BCUT2D eigenvalue weighted by Gasteiger charge is -2.17. The molecule has 0 unspecified atom stereocenters. The molecule has 0 saturated carbocycles. The Kier molecular flexibility index (Phi) is 1.87.